The van der Waals surface area contributed by atoms with E-state index in [-0.39, 0.29) is 0 Å². The summed E-state index contributed by atoms with van der Waals surface area (Å²) in [6.07, 6.45) is 4.88. The molecule has 0 unspecified atom stereocenters. The molecule has 0 saturated carbocycles. The maximum absolute atomic E-state index is 11.2. The lowest BCUT2D eigenvalue weighted by Crippen LogP contribution is -2.19. The Hall–Kier alpha value is -0.0200. The fourth-order valence-corrected chi connectivity index (χ4v) is 1.93. The van der Waals surface area contributed by atoms with Crippen LogP contribution in [0.1, 0.15) is 19.3 Å². The highest BCUT2D eigenvalue weighted by atomic mass is 32.2. The number of ketones is 1. The number of ether oxygens (including phenoxy) is 1. The molecule has 1 rings (SSSR count). The van der Waals surface area contributed by atoms with Gasteiger partial charge < -0.3 is 4.74 Å². The molecule has 1 heterocycles. The van der Waals surface area contributed by atoms with Crippen molar-refractivity contribution >= 4 is 17.5 Å². The first kappa shape index (κ1) is 10.1. The number of Topliss-reactive ketones (excluding diaryl/α,β-unsaturated/α-hetero) is 1. The van der Waals surface area contributed by atoms with Gasteiger partial charge in [-0.1, -0.05) is 0 Å². The molecule has 12 heavy (non-hydrogen) atoms. The Morgan fingerprint density at radius 1 is 1.50 bits per heavy atom. The number of rotatable bonds is 4. The maximum Gasteiger partial charge on any atom is 0.143 e. The van der Waals surface area contributed by atoms with Crippen LogP contribution in [0, 0.1) is 5.92 Å². The largest absolute Gasteiger partial charge is 0.381 e. The lowest BCUT2D eigenvalue weighted by molar-refractivity contribution is -0.118. The number of thioether (sulfide) groups is 1. The zero-order chi connectivity index (χ0) is 8.81. The Balaban J connectivity index is 2.15. The van der Waals surface area contributed by atoms with Crippen molar-refractivity contribution in [3.05, 3.63) is 0 Å². The third kappa shape index (κ3) is 3.59. The number of carbonyl (C=O) groups excluding carboxylic acids is 1. The average molecular weight is 188 g/mol. The van der Waals surface area contributed by atoms with Crippen molar-refractivity contribution in [3.8, 4) is 0 Å². The highest BCUT2D eigenvalue weighted by Crippen LogP contribution is 2.19. The van der Waals surface area contributed by atoms with Gasteiger partial charge in [-0.15, -0.1) is 0 Å². The van der Waals surface area contributed by atoms with Gasteiger partial charge in [-0.25, -0.2) is 0 Å². The summed E-state index contributed by atoms with van der Waals surface area (Å²) in [6, 6.07) is 0. The van der Waals surface area contributed by atoms with Gasteiger partial charge in [-0.3, -0.25) is 4.79 Å². The fourth-order valence-electron chi connectivity index (χ4n) is 1.49. The molecule has 1 saturated heterocycles. The van der Waals surface area contributed by atoms with E-state index in [0.29, 0.717) is 17.5 Å². The van der Waals surface area contributed by atoms with Gasteiger partial charge in [0.1, 0.15) is 5.78 Å². The topological polar surface area (TPSA) is 26.3 Å². The molecule has 0 aromatic heterocycles. The third-order valence-electron chi connectivity index (χ3n) is 2.16. The summed E-state index contributed by atoms with van der Waals surface area (Å²) in [7, 11) is 0. The quantitative estimate of drug-likeness (QED) is 0.672. The van der Waals surface area contributed by atoms with Crippen molar-refractivity contribution in [3.63, 3.8) is 0 Å². The standard InChI is InChI=1S/C9H16O2S/c1-12-7-9(10)6-8-2-4-11-5-3-8/h8H,2-7H2,1H3. The molecule has 70 valence electrons. The van der Waals surface area contributed by atoms with Crippen LogP contribution >= 0.6 is 11.8 Å². The van der Waals surface area contributed by atoms with Crippen molar-refractivity contribution in [1.29, 1.82) is 0 Å². The lowest BCUT2D eigenvalue weighted by atomic mass is 9.95. The molecular formula is C9H16O2S. The zero-order valence-electron chi connectivity index (χ0n) is 7.54. The van der Waals surface area contributed by atoms with E-state index in [0.717, 1.165) is 32.5 Å². The first-order valence-corrected chi connectivity index (χ1v) is 5.80. The van der Waals surface area contributed by atoms with Gasteiger partial charge in [0.15, 0.2) is 0 Å². The molecule has 1 aliphatic rings. The van der Waals surface area contributed by atoms with Crippen LogP contribution in [-0.4, -0.2) is 31.0 Å². The SMILES string of the molecule is CSCC(=O)CC1CCOCC1. The van der Waals surface area contributed by atoms with Crippen molar-refractivity contribution < 1.29 is 9.53 Å². The summed E-state index contributed by atoms with van der Waals surface area (Å²) in [5, 5.41) is 0. The van der Waals surface area contributed by atoms with E-state index in [2.05, 4.69) is 0 Å². The Bertz CT molecular complexity index is 141. The van der Waals surface area contributed by atoms with Crippen LogP contribution in [0.3, 0.4) is 0 Å². The van der Waals surface area contributed by atoms with Crippen molar-refractivity contribution in [2.75, 3.05) is 25.2 Å². The Morgan fingerprint density at radius 2 is 2.17 bits per heavy atom. The van der Waals surface area contributed by atoms with Gasteiger partial charge in [0.05, 0.1) is 5.75 Å². The monoisotopic (exact) mass is 188 g/mol. The molecule has 3 heteroatoms. The van der Waals surface area contributed by atoms with Gasteiger partial charge in [-0.05, 0) is 25.0 Å². The van der Waals surface area contributed by atoms with Gasteiger partial charge in [0.25, 0.3) is 0 Å². The van der Waals surface area contributed by atoms with E-state index in [4.69, 9.17) is 4.74 Å². The van der Waals surface area contributed by atoms with E-state index in [1.54, 1.807) is 11.8 Å². The first-order valence-electron chi connectivity index (χ1n) is 4.41. The van der Waals surface area contributed by atoms with E-state index >= 15 is 0 Å². The van der Waals surface area contributed by atoms with Crippen LogP contribution < -0.4 is 0 Å². The fraction of sp³-hybridized carbons (Fsp3) is 0.889. The highest BCUT2D eigenvalue weighted by Gasteiger charge is 2.16. The highest BCUT2D eigenvalue weighted by molar-refractivity contribution is 7.99. The summed E-state index contributed by atoms with van der Waals surface area (Å²) >= 11 is 1.62. The minimum absolute atomic E-state index is 0.398. The summed E-state index contributed by atoms with van der Waals surface area (Å²) in [5.41, 5.74) is 0. The summed E-state index contributed by atoms with van der Waals surface area (Å²) in [6.45, 7) is 1.69. The first-order chi connectivity index (χ1) is 5.83. The minimum atomic E-state index is 0.398. The molecule has 0 radical (unpaired) electrons. The van der Waals surface area contributed by atoms with E-state index in [1.807, 2.05) is 6.26 Å². The van der Waals surface area contributed by atoms with Crippen molar-refractivity contribution in [2.45, 2.75) is 19.3 Å². The predicted molar refractivity (Wildman–Crippen MR) is 51.5 cm³/mol. The van der Waals surface area contributed by atoms with Gasteiger partial charge >= 0.3 is 0 Å². The molecule has 0 atom stereocenters. The van der Waals surface area contributed by atoms with Crippen LogP contribution in [0.4, 0.5) is 0 Å². The molecule has 1 aliphatic heterocycles. The molecule has 0 aromatic rings. The predicted octanol–water partition coefficient (Wildman–Crippen LogP) is 1.74. The van der Waals surface area contributed by atoms with E-state index < -0.39 is 0 Å². The summed E-state index contributed by atoms with van der Waals surface area (Å²) < 4.78 is 5.22. The number of carbonyl (C=O) groups is 1. The third-order valence-corrected chi connectivity index (χ3v) is 2.77. The molecular weight excluding hydrogens is 172 g/mol. The summed E-state index contributed by atoms with van der Waals surface area (Å²) in [5.74, 6) is 1.67. The number of hydrogen-bond donors (Lipinski definition) is 0. The maximum atomic E-state index is 11.2. The Morgan fingerprint density at radius 3 is 2.75 bits per heavy atom. The molecule has 0 aromatic carbocycles. The van der Waals surface area contributed by atoms with Gasteiger partial charge in [0.2, 0.25) is 0 Å². The van der Waals surface area contributed by atoms with Crippen molar-refractivity contribution in [1.82, 2.24) is 0 Å². The molecule has 0 bridgehead atoms. The van der Waals surface area contributed by atoms with Gasteiger partial charge in [0, 0.05) is 19.6 Å². The second-order valence-electron chi connectivity index (χ2n) is 3.23. The van der Waals surface area contributed by atoms with Crippen LogP contribution in [-0.2, 0) is 9.53 Å². The van der Waals surface area contributed by atoms with Gasteiger partial charge in [-0.2, -0.15) is 11.8 Å². The normalized spacial score (nSPS) is 19.4. The second kappa shape index (κ2) is 5.60. The van der Waals surface area contributed by atoms with Crippen molar-refractivity contribution in [2.24, 2.45) is 5.92 Å². The smallest absolute Gasteiger partial charge is 0.143 e. The molecule has 0 N–H and O–H groups in total. The average Bonchev–Trinajstić information content (AvgIpc) is 2.06. The van der Waals surface area contributed by atoms with Crippen LogP contribution in [0.5, 0.6) is 0 Å². The molecule has 2 nitrogen and oxygen atoms in total. The molecule has 0 aliphatic carbocycles. The molecule has 1 fully saturated rings. The lowest BCUT2D eigenvalue weighted by Gasteiger charge is -2.20. The number of hydrogen-bond acceptors (Lipinski definition) is 3. The summed E-state index contributed by atoms with van der Waals surface area (Å²) in [4.78, 5) is 11.2. The molecule has 0 amide bonds. The van der Waals surface area contributed by atoms with E-state index in [1.165, 1.54) is 0 Å². The van der Waals surface area contributed by atoms with Crippen LogP contribution in [0.25, 0.3) is 0 Å². The zero-order valence-corrected chi connectivity index (χ0v) is 8.36. The minimum Gasteiger partial charge on any atom is -0.381 e. The van der Waals surface area contributed by atoms with Crippen LogP contribution in [0.15, 0.2) is 0 Å². The Kier molecular flexibility index (Phi) is 4.69. The van der Waals surface area contributed by atoms with E-state index in [9.17, 15) is 4.79 Å². The second-order valence-corrected chi connectivity index (χ2v) is 4.10. The van der Waals surface area contributed by atoms with Crippen LogP contribution in [0.2, 0.25) is 0 Å². The molecule has 0 spiro atoms. The Labute approximate surface area is 78.1 Å².